The van der Waals surface area contributed by atoms with Crippen LogP contribution in [0.1, 0.15) is 57.5 Å². The van der Waals surface area contributed by atoms with E-state index in [0.29, 0.717) is 41.7 Å². The number of benzene rings is 2. The predicted octanol–water partition coefficient (Wildman–Crippen LogP) is 6.97. The van der Waals surface area contributed by atoms with Crippen LogP contribution in [-0.4, -0.2) is 47.5 Å². The van der Waals surface area contributed by atoms with Crippen molar-refractivity contribution in [2.45, 2.75) is 60.2 Å². The van der Waals surface area contributed by atoms with Gasteiger partial charge < -0.3 is 10.2 Å². The van der Waals surface area contributed by atoms with Gasteiger partial charge in [0.15, 0.2) is 5.13 Å². The van der Waals surface area contributed by atoms with Crippen molar-refractivity contribution in [2.75, 3.05) is 24.5 Å². The minimum atomic E-state index is -0.0269. The molecule has 2 aromatic carbocycles. The predicted molar refractivity (Wildman–Crippen MR) is 154 cm³/mol. The van der Waals surface area contributed by atoms with E-state index in [-0.39, 0.29) is 5.91 Å². The van der Waals surface area contributed by atoms with Crippen LogP contribution in [0.4, 0.5) is 5.13 Å². The van der Waals surface area contributed by atoms with Gasteiger partial charge in [0.2, 0.25) is 0 Å². The smallest absolute Gasteiger partial charge is 0.251 e. The molecule has 5 nitrogen and oxygen atoms in total. The minimum absolute atomic E-state index is 0.0269. The number of carbonyl (C=O) groups excluding carboxylic acids is 1. The molecular weight excluding hydrogens is 488 g/mol. The van der Waals surface area contributed by atoms with Gasteiger partial charge in [-0.15, -0.1) is 11.3 Å². The molecule has 0 unspecified atom stereocenters. The Kier molecular flexibility index (Phi) is 10.3. The SMILES string of the molecule is CC(C)CNC(=O)c1ccc(CN(CCN(C(C)C)C(C)C)c2nc(-c3ccccc3Cl)cs2)cc1. The number of anilines is 1. The molecule has 0 atom stereocenters. The average molecular weight is 527 g/mol. The van der Waals surface area contributed by atoms with Crippen molar-refractivity contribution in [1.82, 2.24) is 15.2 Å². The number of nitrogens with zero attached hydrogens (tertiary/aromatic N) is 3. The van der Waals surface area contributed by atoms with E-state index in [1.807, 2.05) is 48.5 Å². The van der Waals surface area contributed by atoms with Crippen LogP contribution >= 0.6 is 22.9 Å². The van der Waals surface area contributed by atoms with Crippen molar-refractivity contribution < 1.29 is 4.79 Å². The molecule has 1 N–H and O–H groups in total. The Bertz CT molecular complexity index is 1100. The molecule has 0 spiro atoms. The van der Waals surface area contributed by atoms with Gasteiger partial charge in [-0.1, -0.05) is 55.8 Å². The van der Waals surface area contributed by atoms with Gasteiger partial charge in [0.25, 0.3) is 5.91 Å². The van der Waals surface area contributed by atoms with Crippen LogP contribution in [0.25, 0.3) is 11.3 Å². The van der Waals surface area contributed by atoms with Crippen molar-refractivity contribution >= 4 is 34.0 Å². The lowest BCUT2D eigenvalue weighted by Gasteiger charge is -2.33. The van der Waals surface area contributed by atoms with Crippen LogP contribution in [0.15, 0.2) is 53.9 Å². The third-order valence-corrected chi connectivity index (χ3v) is 7.36. The van der Waals surface area contributed by atoms with Crippen LogP contribution < -0.4 is 10.2 Å². The van der Waals surface area contributed by atoms with Crippen LogP contribution in [0, 0.1) is 5.92 Å². The molecule has 194 valence electrons. The molecule has 3 rings (SSSR count). The van der Waals surface area contributed by atoms with Gasteiger partial charge in [0.05, 0.1) is 5.69 Å². The van der Waals surface area contributed by atoms with Crippen molar-refractivity contribution in [1.29, 1.82) is 0 Å². The van der Waals surface area contributed by atoms with E-state index in [9.17, 15) is 4.79 Å². The molecule has 1 aromatic heterocycles. The summed E-state index contributed by atoms with van der Waals surface area (Å²) in [5, 5.41) is 6.74. The summed E-state index contributed by atoms with van der Waals surface area (Å²) in [6.45, 7) is 16.3. The fourth-order valence-corrected chi connectivity index (χ4v) is 5.26. The number of aromatic nitrogens is 1. The van der Waals surface area contributed by atoms with Crippen molar-refractivity contribution in [3.05, 3.63) is 70.1 Å². The summed E-state index contributed by atoms with van der Waals surface area (Å²) in [6.07, 6.45) is 0. The summed E-state index contributed by atoms with van der Waals surface area (Å²) in [6, 6.07) is 16.7. The van der Waals surface area contributed by atoms with Crippen LogP contribution in [0.3, 0.4) is 0 Å². The maximum atomic E-state index is 12.4. The maximum Gasteiger partial charge on any atom is 0.251 e. The van der Waals surface area contributed by atoms with Crippen molar-refractivity contribution in [3.8, 4) is 11.3 Å². The highest BCUT2D eigenvalue weighted by Gasteiger charge is 2.19. The van der Waals surface area contributed by atoms with Gasteiger partial charge in [-0.3, -0.25) is 9.69 Å². The maximum absolute atomic E-state index is 12.4. The lowest BCUT2D eigenvalue weighted by molar-refractivity contribution is 0.0949. The Morgan fingerprint density at radius 2 is 1.64 bits per heavy atom. The Balaban J connectivity index is 1.81. The molecule has 7 heteroatoms. The molecule has 0 bridgehead atoms. The number of rotatable bonds is 12. The number of halogens is 1. The molecule has 1 heterocycles. The Morgan fingerprint density at radius 3 is 2.25 bits per heavy atom. The highest BCUT2D eigenvalue weighted by Crippen LogP contribution is 2.32. The standard InChI is InChI=1S/C29H39ClN4OS/c1-20(2)17-31-28(35)24-13-11-23(12-14-24)18-33(15-16-34(21(3)4)22(5)6)29-32-27(19-36-29)25-9-7-8-10-26(25)30/h7-14,19-22H,15-18H2,1-6H3,(H,31,35). The zero-order chi connectivity index (χ0) is 26.2. The molecule has 0 aliphatic heterocycles. The molecule has 1 amide bonds. The second kappa shape index (κ2) is 13.2. The Labute approximate surface area is 225 Å². The van der Waals surface area contributed by atoms with Crippen molar-refractivity contribution in [3.63, 3.8) is 0 Å². The first kappa shape index (κ1) is 28.2. The molecule has 0 saturated heterocycles. The van der Waals surface area contributed by atoms with E-state index >= 15 is 0 Å². The quantitative estimate of drug-likeness (QED) is 0.276. The van der Waals surface area contributed by atoms with Gasteiger partial charge in [-0.05, 0) is 57.4 Å². The average Bonchev–Trinajstić information content (AvgIpc) is 3.32. The molecule has 3 aromatic rings. The van der Waals surface area contributed by atoms with E-state index in [0.717, 1.165) is 35.0 Å². The van der Waals surface area contributed by atoms with E-state index in [4.69, 9.17) is 16.6 Å². The summed E-state index contributed by atoms with van der Waals surface area (Å²) in [4.78, 5) is 22.2. The fourth-order valence-electron chi connectivity index (χ4n) is 4.17. The number of nitrogens with one attached hydrogen (secondary N) is 1. The molecule has 0 fully saturated rings. The van der Waals surface area contributed by atoms with E-state index in [1.54, 1.807) is 11.3 Å². The Morgan fingerprint density at radius 1 is 0.972 bits per heavy atom. The monoisotopic (exact) mass is 526 g/mol. The van der Waals surface area contributed by atoms with Gasteiger partial charge >= 0.3 is 0 Å². The van der Waals surface area contributed by atoms with E-state index in [2.05, 4.69) is 62.0 Å². The topological polar surface area (TPSA) is 48.5 Å². The number of amides is 1. The van der Waals surface area contributed by atoms with E-state index in [1.165, 1.54) is 0 Å². The summed E-state index contributed by atoms with van der Waals surface area (Å²) < 4.78 is 0. The molecule has 0 aliphatic carbocycles. The summed E-state index contributed by atoms with van der Waals surface area (Å²) in [7, 11) is 0. The third kappa shape index (κ3) is 7.79. The van der Waals surface area contributed by atoms with E-state index < -0.39 is 0 Å². The van der Waals surface area contributed by atoms with Gasteiger partial charge in [0.1, 0.15) is 0 Å². The van der Waals surface area contributed by atoms with Crippen molar-refractivity contribution in [2.24, 2.45) is 5.92 Å². The molecule has 36 heavy (non-hydrogen) atoms. The normalized spacial score (nSPS) is 11.6. The van der Waals surface area contributed by atoms with Gasteiger partial charge in [-0.2, -0.15) is 0 Å². The first-order valence-corrected chi connectivity index (χ1v) is 14.0. The second-order valence-electron chi connectivity index (χ2n) is 10.1. The first-order valence-electron chi connectivity index (χ1n) is 12.7. The molecule has 0 radical (unpaired) electrons. The summed E-state index contributed by atoms with van der Waals surface area (Å²) in [5.74, 6) is 0.396. The molecular formula is C29H39ClN4OS. The van der Waals surface area contributed by atoms with Gasteiger partial charge in [-0.25, -0.2) is 4.98 Å². The zero-order valence-electron chi connectivity index (χ0n) is 22.3. The zero-order valence-corrected chi connectivity index (χ0v) is 23.9. The molecule has 0 saturated carbocycles. The second-order valence-corrected chi connectivity index (χ2v) is 11.4. The summed E-state index contributed by atoms with van der Waals surface area (Å²) >= 11 is 8.08. The first-order chi connectivity index (χ1) is 17.2. The fraction of sp³-hybridized carbons (Fsp3) is 0.448. The number of hydrogen-bond donors (Lipinski definition) is 1. The van der Waals surface area contributed by atoms with Crippen LogP contribution in [-0.2, 0) is 6.54 Å². The lowest BCUT2D eigenvalue weighted by atomic mass is 10.1. The van der Waals surface area contributed by atoms with Gasteiger partial charge in [0, 0.05) is 59.8 Å². The highest BCUT2D eigenvalue weighted by atomic mass is 35.5. The number of thiazole rings is 1. The summed E-state index contributed by atoms with van der Waals surface area (Å²) in [5.41, 5.74) is 3.68. The van der Waals surface area contributed by atoms with Crippen LogP contribution in [0.5, 0.6) is 0 Å². The molecule has 0 aliphatic rings. The largest absolute Gasteiger partial charge is 0.352 e. The Hall–Kier alpha value is -2.41. The minimum Gasteiger partial charge on any atom is -0.352 e. The third-order valence-electron chi connectivity index (χ3n) is 6.13. The number of hydrogen-bond acceptors (Lipinski definition) is 5. The lowest BCUT2D eigenvalue weighted by Crippen LogP contribution is -2.42. The number of carbonyl (C=O) groups is 1. The van der Waals surface area contributed by atoms with Crippen LogP contribution in [0.2, 0.25) is 5.02 Å². The highest BCUT2D eigenvalue weighted by molar-refractivity contribution is 7.14.